The summed E-state index contributed by atoms with van der Waals surface area (Å²) in [5.41, 5.74) is 2.90. The molecule has 1 aliphatic carbocycles. The van der Waals surface area contributed by atoms with E-state index < -0.39 is 17.9 Å². The van der Waals surface area contributed by atoms with Gasteiger partial charge in [-0.3, -0.25) is 0 Å². The van der Waals surface area contributed by atoms with Gasteiger partial charge in [0, 0.05) is 13.7 Å². The Hall–Kier alpha value is -0.500. The van der Waals surface area contributed by atoms with Gasteiger partial charge in [-0.15, -0.1) is 0 Å². The van der Waals surface area contributed by atoms with Crippen molar-refractivity contribution >= 4 is 0 Å². The Balaban J connectivity index is 1.65. The highest BCUT2D eigenvalue weighted by Gasteiger charge is 2.62. The van der Waals surface area contributed by atoms with Crippen LogP contribution in [0.1, 0.15) is 54.4 Å². The van der Waals surface area contributed by atoms with Gasteiger partial charge in [-0.25, -0.2) is 0 Å². The van der Waals surface area contributed by atoms with Gasteiger partial charge in [0.2, 0.25) is 0 Å². The Kier molecular flexibility index (Phi) is 4.98. The third-order valence-corrected chi connectivity index (χ3v) is 6.44. The fourth-order valence-electron chi connectivity index (χ4n) is 5.18. The lowest BCUT2D eigenvalue weighted by atomic mass is 9.71. The highest BCUT2D eigenvalue weighted by molar-refractivity contribution is 5.17. The van der Waals surface area contributed by atoms with E-state index in [9.17, 15) is 0 Å². The summed E-state index contributed by atoms with van der Waals surface area (Å²) in [7, 11) is 1.77. The molecule has 4 aliphatic rings. The first-order valence-electron chi connectivity index (χ1n) is 10.1. The Morgan fingerprint density at radius 1 is 0.815 bits per heavy atom. The van der Waals surface area contributed by atoms with Gasteiger partial charge in [-0.2, -0.15) is 0 Å². The van der Waals surface area contributed by atoms with Crippen molar-refractivity contribution in [2.24, 2.45) is 11.8 Å². The number of hydrogen-bond acceptors (Lipinski definition) is 6. The monoisotopic (exact) mass is 382 g/mol. The molecule has 0 amide bonds. The molecule has 1 unspecified atom stereocenters. The van der Waals surface area contributed by atoms with E-state index in [-0.39, 0.29) is 24.4 Å². The number of fused-ring (bicyclic) bond motifs is 3. The second-order valence-corrected chi connectivity index (χ2v) is 9.48. The molecule has 0 aromatic rings. The lowest BCUT2D eigenvalue weighted by molar-refractivity contribution is -0.250. The van der Waals surface area contributed by atoms with Gasteiger partial charge < -0.3 is 28.4 Å². The zero-order chi connectivity index (χ0) is 19.6. The molecule has 4 rings (SSSR count). The maximum atomic E-state index is 6.52. The summed E-state index contributed by atoms with van der Waals surface area (Å²) in [6.07, 6.45) is 0.835. The molecule has 0 bridgehead atoms. The number of methoxy groups -OCH3 is 1. The number of hydrogen-bond donors (Lipinski definition) is 0. The summed E-state index contributed by atoms with van der Waals surface area (Å²) >= 11 is 0. The molecular weight excluding hydrogens is 348 g/mol. The van der Waals surface area contributed by atoms with Gasteiger partial charge in [-0.05, 0) is 66.2 Å². The molecule has 0 spiro atoms. The summed E-state index contributed by atoms with van der Waals surface area (Å²) in [4.78, 5) is 0. The Morgan fingerprint density at radius 2 is 1.37 bits per heavy atom. The molecule has 3 fully saturated rings. The molecular formula is C21H34O6. The lowest BCUT2D eigenvalue weighted by Gasteiger charge is -2.45. The van der Waals surface area contributed by atoms with Crippen LogP contribution in [0.3, 0.4) is 0 Å². The van der Waals surface area contributed by atoms with E-state index in [2.05, 4.69) is 13.8 Å². The Morgan fingerprint density at radius 3 is 2.04 bits per heavy atom. The molecule has 0 N–H and O–H groups in total. The normalized spacial score (nSPS) is 45.7. The van der Waals surface area contributed by atoms with Crippen molar-refractivity contribution in [3.63, 3.8) is 0 Å². The van der Waals surface area contributed by atoms with Crippen LogP contribution in [0.2, 0.25) is 0 Å². The van der Waals surface area contributed by atoms with Gasteiger partial charge in [0.15, 0.2) is 17.9 Å². The zero-order valence-corrected chi connectivity index (χ0v) is 17.6. The van der Waals surface area contributed by atoms with Crippen molar-refractivity contribution in [1.29, 1.82) is 0 Å². The summed E-state index contributed by atoms with van der Waals surface area (Å²) in [6, 6.07) is 0. The lowest BCUT2D eigenvalue weighted by Crippen LogP contribution is -2.58. The zero-order valence-electron chi connectivity index (χ0n) is 17.6. The van der Waals surface area contributed by atoms with Crippen LogP contribution in [-0.2, 0) is 28.4 Å². The molecule has 0 aromatic heterocycles. The topological polar surface area (TPSA) is 55.4 Å². The molecule has 154 valence electrons. The van der Waals surface area contributed by atoms with Gasteiger partial charge in [0.25, 0.3) is 0 Å². The van der Waals surface area contributed by atoms with Gasteiger partial charge >= 0.3 is 0 Å². The van der Waals surface area contributed by atoms with Crippen molar-refractivity contribution in [3.05, 3.63) is 11.1 Å². The van der Waals surface area contributed by atoms with Crippen LogP contribution in [0.25, 0.3) is 0 Å². The van der Waals surface area contributed by atoms with Gasteiger partial charge in [0.1, 0.15) is 18.3 Å². The van der Waals surface area contributed by atoms with Crippen LogP contribution in [0.5, 0.6) is 0 Å². The first kappa shape index (κ1) is 19.8. The summed E-state index contributed by atoms with van der Waals surface area (Å²) in [6.45, 7) is 12.9. The van der Waals surface area contributed by atoms with Crippen molar-refractivity contribution in [2.75, 3.05) is 13.7 Å². The van der Waals surface area contributed by atoms with Crippen molar-refractivity contribution < 1.29 is 28.4 Å². The highest BCUT2D eigenvalue weighted by atomic mass is 16.9. The molecule has 0 saturated carbocycles. The van der Waals surface area contributed by atoms with Crippen molar-refractivity contribution in [1.82, 2.24) is 0 Å². The van der Waals surface area contributed by atoms with Crippen molar-refractivity contribution in [3.8, 4) is 0 Å². The van der Waals surface area contributed by atoms with Crippen molar-refractivity contribution in [2.45, 2.75) is 96.7 Å². The number of allylic oxidation sites excluding steroid dienone is 2. The largest absolute Gasteiger partial charge is 0.384 e. The van der Waals surface area contributed by atoms with E-state index in [0.717, 1.165) is 12.8 Å². The Bertz CT molecular complexity index is 612. The quantitative estimate of drug-likeness (QED) is 0.698. The van der Waals surface area contributed by atoms with E-state index in [1.165, 1.54) is 11.1 Å². The minimum atomic E-state index is -0.685. The molecule has 3 heterocycles. The molecule has 27 heavy (non-hydrogen) atoms. The third-order valence-electron chi connectivity index (χ3n) is 6.44. The second-order valence-electron chi connectivity index (χ2n) is 9.48. The summed E-state index contributed by atoms with van der Waals surface area (Å²) in [5.74, 6) is -0.653. The van der Waals surface area contributed by atoms with E-state index in [4.69, 9.17) is 28.4 Å². The predicted octanol–water partition coefficient (Wildman–Crippen LogP) is 3.39. The molecule has 3 aliphatic heterocycles. The third kappa shape index (κ3) is 3.61. The van der Waals surface area contributed by atoms with Crippen LogP contribution in [0.15, 0.2) is 11.1 Å². The van der Waals surface area contributed by atoms with Gasteiger partial charge in [-0.1, -0.05) is 11.1 Å². The maximum absolute atomic E-state index is 6.52. The molecule has 6 nitrogen and oxygen atoms in total. The molecule has 6 heteroatoms. The van der Waals surface area contributed by atoms with Crippen LogP contribution in [0.4, 0.5) is 0 Å². The summed E-state index contributed by atoms with van der Waals surface area (Å²) in [5, 5.41) is 0. The van der Waals surface area contributed by atoms with E-state index in [0.29, 0.717) is 18.4 Å². The Labute approximate surface area is 162 Å². The fraction of sp³-hybridized carbons (Fsp3) is 0.905. The molecule has 7 atom stereocenters. The molecule has 3 saturated heterocycles. The number of rotatable bonds is 3. The van der Waals surface area contributed by atoms with Gasteiger partial charge in [0.05, 0.1) is 6.10 Å². The molecule has 0 radical (unpaired) electrons. The van der Waals surface area contributed by atoms with Crippen LogP contribution in [-0.4, -0.2) is 56.0 Å². The smallest absolute Gasteiger partial charge is 0.190 e. The van der Waals surface area contributed by atoms with Crippen LogP contribution in [0, 0.1) is 11.8 Å². The summed E-state index contributed by atoms with van der Waals surface area (Å²) < 4.78 is 36.9. The van der Waals surface area contributed by atoms with E-state index >= 15 is 0 Å². The number of ether oxygens (including phenoxy) is 6. The SMILES string of the molecule is COCC1CC(C)=C(C)C[C@H]1[C@H]1O[C@@H]2OC(C)(C)O[C@@H]2[C@H]2OC(C)(C)O[C@H]21. The van der Waals surface area contributed by atoms with Crippen LogP contribution >= 0.6 is 0 Å². The minimum Gasteiger partial charge on any atom is -0.384 e. The maximum Gasteiger partial charge on any atom is 0.190 e. The minimum absolute atomic E-state index is 0.112. The predicted molar refractivity (Wildman–Crippen MR) is 99.0 cm³/mol. The average molecular weight is 382 g/mol. The van der Waals surface area contributed by atoms with E-state index in [1.54, 1.807) is 7.11 Å². The fourth-order valence-corrected chi connectivity index (χ4v) is 5.18. The standard InChI is InChI=1S/C21H34O6/c1-11-8-13(10-22-7)14(9-12(11)2)15-16-17(25-20(3,4)24-16)18-19(23-15)27-21(5,6)26-18/h13-19H,8-10H2,1-7H3/t13?,14-,15-,16+,17+,18-,19-/m1/s1. The van der Waals surface area contributed by atoms with E-state index in [1.807, 2.05) is 27.7 Å². The molecule has 0 aromatic carbocycles. The highest BCUT2D eigenvalue weighted by Crippen LogP contribution is 2.49. The second kappa shape index (κ2) is 6.78. The average Bonchev–Trinajstić information content (AvgIpc) is 3.04. The first-order valence-corrected chi connectivity index (χ1v) is 10.1. The first-order chi connectivity index (χ1) is 12.6. The van der Waals surface area contributed by atoms with Crippen LogP contribution < -0.4 is 0 Å².